The smallest absolute Gasteiger partial charge is 0.238 e. The molecule has 0 aliphatic heterocycles. The average Bonchev–Trinajstić information content (AvgIpc) is 2.41. The van der Waals surface area contributed by atoms with Crippen LogP contribution in [0, 0.1) is 0 Å². The van der Waals surface area contributed by atoms with Crippen LogP contribution in [-0.4, -0.2) is 27.0 Å². The number of hydrogen-bond donors (Lipinski definition) is 2. The Bertz CT molecular complexity index is 534. The van der Waals surface area contributed by atoms with Crippen LogP contribution < -0.4 is 15.8 Å². The largest absolute Gasteiger partial charge is 0.369 e. The molecule has 0 atom stereocenters. The topological polar surface area (TPSA) is 89.4 Å². The molecular weight excluding hydrogens is 274 g/mol. The van der Waals surface area contributed by atoms with Gasteiger partial charge in [-0.15, -0.1) is 0 Å². The summed E-state index contributed by atoms with van der Waals surface area (Å²) in [6.45, 7) is 3.01. The Morgan fingerprint density at radius 3 is 2.15 bits per heavy atom. The molecule has 1 fully saturated rings. The van der Waals surface area contributed by atoms with Gasteiger partial charge in [0, 0.05) is 24.3 Å². The normalized spacial score (nSPS) is 23.6. The van der Waals surface area contributed by atoms with Crippen LogP contribution in [0.3, 0.4) is 0 Å². The van der Waals surface area contributed by atoms with Crippen molar-refractivity contribution < 1.29 is 8.42 Å². The van der Waals surface area contributed by atoms with Gasteiger partial charge in [0.15, 0.2) is 0 Å². The summed E-state index contributed by atoms with van der Waals surface area (Å²) < 4.78 is 22.5. The number of rotatable bonds is 4. The van der Waals surface area contributed by atoms with Crippen molar-refractivity contribution in [3.05, 3.63) is 24.3 Å². The molecule has 0 amide bonds. The molecule has 0 aromatic heterocycles. The lowest BCUT2D eigenvalue weighted by Gasteiger charge is -2.37. The third kappa shape index (κ3) is 3.50. The molecule has 1 aromatic carbocycles. The predicted molar refractivity (Wildman–Crippen MR) is 81.1 cm³/mol. The van der Waals surface area contributed by atoms with Gasteiger partial charge in [0.05, 0.1) is 4.90 Å². The monoisotopic (exact) mass is 297 g/mol. The Morgan fingerprint density at radius 1 is 1.15 bits per heavy atom. The first kappa shape index (κ1) is 15.3. The van der Waals surface area contributed by atoms with E-state index in [2.05, 4.69) is 11.8 Å². The van der Waals surface area contributed by atoms with E-state index in [1.807, 2.05) is 12.1 Å². The summed E-state index contributed by atoms with van der Waals surface area (Å²) in [7, 11) is -3.62. The standard InChI is InChI=1S/C14H23N3O2S/c1-2-17(12-5-3-11(15)4-6-12)13-7-9-14(10-8-13)20(16,18)19/h7-12H,2-6,15H2,1H3,(H2,16,18,19). The lowest BCUT2D eigenvalue weighted by Crippen LogP contribution is -2.40. The average molecular weight is 297 g/mol. The highest BCUT2D eigenvalue weighted by molar-refractivity contribution is 7.89. The number of nitrogens with zero attached hydrogens (tertiary/aromatic N) is 1. The second kappa shape index (κ2) is 6.11. The molecule has 1 saturated carbocycles. The SMILES string of the molecule is CCN(c1ccc(S(N)(=O)=O)cc1)C1CCC(N)CC1. The van der Waals surface area contributed by atoms with Gasteiger partial charge in [-0.05, 0) is 56.9 Å². The zero-order valence-corrected chi connectivity index (χ0v) is 12.6. The number of anilines is 1. The third-order valence-electron chi connectivity index (χ3n) is 4.02. The summed E-state index contributed by atoms with van der Waals surface area (Å²) >= 11 is 0. The first-order chi connectivity index (χ1) is 9.41. The van der Waals surface area contributed by atoms with Gasteiger partial charge in [0.1, 0.15) is 0 Å². The van der Waals surface area contributed by atoms with Crippen molar-refractivity contribution in [3.63, 3.8) is 0 Å². The highest BCUT2D eigenvalue weighted by atomic mass is 32.2. The highest BCUT2D eigenvalue weighted by Crippen LogP contribution is 2.27. The summed E-state index contributed by atoms with van der Waals surface area (Å²) in [5.41, 5.74) is 6.99. The van der Waals surface area contributed by atoms with Gasteiger partial charge in [-0.2, -0.15) is 0 Å². The fourth-order valence-corrected chi connectivity index (χ4v) is 3.41. The first-order valence-electron chi connectivity index (χ1n) is 7.07. The molecule has 112 valence electrons. The number of benzene rings is 1. The predicted octanol–water partition coefficient (Wildman–Crippen LogP) is 1.43. The quantitative estimate of drug-likeness (QED) is 0.879. The number of hydrogen-bond acceptors (Lipinski definition) is 4. The van der Waals surface area contributed by atoms with Crippen LogP contribution in [-0.2, 0) is 10.0 Å². The van der Waals surface area contributed by atoms with Crippen molar-refractivity contribution in [2.75, 3.05) is 11.4 Å². The van der Waals surface area contributed by atoms with E-state index in [-0.39, 0.29) is 4.90 Å². The van der Waals surface area contributed by atoms with Crippen LogP contribution in [0.5, 0.6) is 0 Å². The molecule has 0 saturated heterocycles. The van der Waals surface area contributed by atoms with Gasteiger partial charge in [-0.1, -0.05) is 0 Å². The second-order valence-corrected chi connectivity index (χ2v) is 6.95. The lowest BCUT2D eigenvalue weighted by molar-refractivity contribution is 0.378. The molecule has 0 unspecified atom stereocenters. The molecule has 2 rings (SSSR count). The van der Waals surface area contributed by atoms with Gasteiger partial charge in [-0.3, -0.25) is 0 Å². The molecule has 1 aromatic rings. The van der Waals surface area contributed by atoms with E-state index in [0.717, 1.165) is 37.9 Å². The third-order valence-corrected chi connectivity index (χ3v) is 4.95. The molecule has 5 nitrogen and oxygen atoms in total. The Labute approximate surface area is 121 Å². The molecule has 1 aliphatic rings. The van der Waals surface area contributed by atoms with Crippen molar-refractivity contribution in [1.29, 1.82) is 0 Å². The van der Waals surface area contributed by atoms with E-state index in [0.29, 0.717) is 12.1 Å². The Balaban J connectivity index is 2.15. The fraction of sp³-hybridized carbons (Fsp3) is 0.571. The summed E-state index contributed by atoms with van der Waals surface area (Å²) in [5.74, 6) is 0. The van der Waals surface area contributed by atoms with E-state index in [1.54, 1.807) is 12.1 Å². The molecule has 0 bridgehead atoms. The van der Waals surface area contributed by atoms with E-state index >= 15 is 0 Å². The molecule has 0 heterocycles. The van der Waals surface area contributed by atoms with Crippen LogP contribution in [0.15, 0.2) is 29.2 Å². The molecule has 1 aliphatic carbocycles. The molecule has 20 heavy (non-hydrogen) atoms. The van der Waals surface area contributed by atoms with Crippen LogP contribution in [0.4, 0.5) is 5.69 Å². The Kier molecular flexibility index (Phi) is 4.67. The van der Waals surface area contributed by atoms with Crippen LogP contribution in [0.2, 0.25) is 0 Å². The Hall–Kier alpha value is -1.11. The van der Waals surface area contributed by atoms with Crippen molar-refractivity contribution >= 4 is 15.7 Å². The number of primary sulfonamides is 1. The van der Waals surface area contributed by atoms with Crippen molar-refractivity contribution in [3.8, 4) is 0 Å². The zero-order chi connectivity index (χ0) is 14.8. The minimum Gasteiger partial charge on any atom is -0.369 e. The minimum atomic E-state index is -3.62. The summed E-state index contributed by atoms with van der Waals surface area (Å²) in [6, 6.07) is 7.62. The van der Waals surface area contributed by atoms with Gasteiger partial charge < -0.3 is 10.6 Å². The highest BCUT2D eigenvalue weighted by Gasteiger charge is 2.23. The molecule has 0 spiro atoms. The second-order valence-electron chi connectivity index (χ2n) is 5.39. The van der Waals surface area contributed by atoms with Gasteiger partial charge in [0.25, 0.3) is 0 Å². The van der Waals surface area contributed by atoms with Gasteiger partial charge >= 0.3 is 0 Å². The number of sulfonamides is 1. The first-order valence-corrected chi connectivity index (χ1v) is 8.61. The zero-order valence-electron chi connectivity index (χ0n) is 11.8. The maximum atomic E-state index is 11.3. The summed E-state index contributed by atoms with van der Waals surface area (Å²) in [4.78, 5) is 2.47. The maximum absolute atomic E-state index is 11.3. The number of nitrogens with two attached hydrogens (primary N) is 2. The van der Waals surface area contributed by atoms with E-state index in [1.165, 1.54) is 0 Å². The van der Waals surface area contributed by atoms with Gasteiger partial charge in [-0.25, -0.2) is 13.6 Å². The van der Waals surface area contributed by atoms with Gasteiger partial charge in [0.2, 0.25) is 10.0 Å². The molecule has 6 heteroatoms. The molecule has 4 N–H and O–H groups in total. The molecule has 0 radical (unpaired) electrons. The maximum Gasteiger partial charge on any atom is 0.238 e. The fourth-order valence-electron chi connectivity index (χ4n) is 2.89. The Morgan fingerprint density at radius 2 is 1.70 bits per heavy atom. The molecular formula is C14H23N3O2S. The lowest BCUT2D eigenvalue weighted by atomic mass is 9.90. The van der Waals surface area contributed by atoms with Crippen LogP contribution >= 0.6 is 0 Å². The van der Waals surface area contributed by atoms with E-state index in [9.17, 15) is 8.42 Å². The van der Waals surface area contributed by atoms with Crippen molar-refractivity contribution in [2.45, 2.75) is 49.6 Å². The minimum absolute atomic E-state index is 0.156. The summed E-state index contributed by atoms with van der Waals surface area (Å²) in [6.07, 6.45) is 4.28. The van der Waals surface area contributed by atoms with E-state index < -0.39 is 10.0 Å². The van der Waals surface area contributed by atoms with Crippen molar-refractivity contribution in [1.82, 2.24) is 0 Å². The van der Waals surface area contributed by atoms with Crippen LogP contribution in [0.1, 0.15) is 32.6 Å². The van der Waals surface area contributed by atoms with E-state index in [4.69, 9.17) is 10.9 Å². The summed E-state index contributed by atoms with van der Waals surface area (Å²) in [5, 5.41) is 5.12. The van der Waals surface area contributed by atoms with Crippen molar-refractivity contribution in [2.24, 2.45) is 10.9 Å². The van der Waals surface area contributed by atoms with Crippen LogP contribution in [0.25, 0.3) is 0 Å².